The summed E-state index contributed by atoms with van der Waals surface area (Å²) in [6.45, 7) is 5.78. The number of carbonyl (C=O) groups is 2. The molecule has 0 aromatic rings. The molecular weight excluding hydrogens is 244 g/mol. The highest BCUT2D eigenvalue weighted by Crippen LogP contribution is 2.55. The van der Waals surface area contributed by atoms with Gasteiger partial charge in [0.25, 0.3) is 0 Å². The average Bonchev–Trinajstić information content (AvgIpc) is 2.72. The molecule has 2 aliphatic carbocycles. The third-order valence-electron chi connectivity index (χ3n) is 5.37. The first kappa shape index (κ1) is 12.9. The first-order valence-electron chi connectivity index (χ1n) is 7.37. The minimum absolute atomic E-state index is 0.0675. The van der Waals surface area contributed by atoms with E-state index in [-0.39, 0.29) is 30.1 Å². The summed E-state index contributed by atoms with van der Waals surface area (Å²) in [4.78, 5) is 23.9. The zero-order valence-electron chi connectivity index (χ0n) is 11.8. The molecule has 3 rings (SSSR count). The molecule has 4 unspecified atom stereocenters. The molecule has 0 radical (unpaired) electrons. The van der Waals surface area contributed by atoms with Crippen LogP contribution < -0.4 is 0 Å². The summed E-state index contributed by atoms with van der Waals surface area (Å²) in [5.74, 6) is 0.477. The predicted octanol–water partition coefficient (Wildman–Crippen LogP) is 2.31. The first-order chi connectivity index (χ1) is 8.95. The third-order valence-corrected chi connectivity index (χ3v) is 5.37. The maximum absolute atomic E-state index is 12.2. The van der Waals surface area contributed by atoms with Crippen LogP contribution in [-0.4, -0.2) is 24.1 Å². The number of carbonyl (C=O) groups excluding carboxylic acids is 2. The van der Waals surface area contributed by atoms with Crippen molar-refractivity contribution in [2.24, 2.45) is 23.2 Å². The minimum atomic E-state index is -0.457. The number of rotatable bonds is 3. The standard InChI is InChI=1S/C15H22O4/c1-4-15(2,3)14(17)19-11-8-6-5-7-9-10(8)12(11)18-13(9)16/h8-12H,4-7H2,1-3H3/t8-,9?,10?,11?,12?/m1/s1. The van der Waals surface area contributed by atoms with E-state index in [1.807, 2.05) is 20.8 Å². The Bertz CT molecular complexity index is 414. The molecule has 3 fully saturated rings. The van der Waals surface area contributed by atoms with Gasteiger partial charge in [0, 0.05) is 11.8 Å². The van der Waals surface area contributed by atoms with Gasteiger partial charge in [-0.3, -0.25) is 9.59 Å². The van der Waals surface area contributed by atoms with E-state index in [4.69, 9.17) is 9.47 Å². The van der Waals surface area contributed by atoms with E-state index in [0.717, 1.165) is 25.7 Å². The van der Waals surface area contributed by atoms with Gasteiger partial charge in [-0.25, -0.2) is 0 Å². The highest BCUT2D eigenvalue weighted by Gasteiger charge is 2.65. The van der Waals surface area contributed by atoms with Crippen molar-refractivity contribution in [1.82, 2.24) is 0 Å². The van der Waals surface area contributed by atoms with Crippen LogP contribution in [0.4, 0.5) is 0 Å². The van der Waals surface area contributed by atoms with E-state index in [1.165, 1.54) is 0 Å². The molecule has 19 heavy (non-hydrogen) atoms. The summed E-state index contributed by atoms with van der Waals surface area (Å²) in [7, 11) is 0. The largest absolute Gasteiger partial charge is 0.458 e. The highest BCUT2D eigenvalue weighted by molar-refractivity contribution is 5.78. The maximum Gasteiger partial charge on any atom is 0.311 e. The molecule has 4 heteroatoms. The number of esters is 2. The molecule has 1 heterocycles. The molecule has 3 aliphatic rings. The van der Waals surface area contributed by atoms with Crippen molar-refractivity contribution in [2.45, 2.75) is 58.7 Å². The molecule has 1 saturated heterocycles. The van der Waals surface area contributed by atoms with Crippen molar-refractivity contribution >= 4 is 11.9 Å². The van der Waals surface area contributed by atoms with Crippen molar-refractivity contribution in [3.05, 3.63) is 0 Å². The molecule has 1 aliphatic heterocycles. The molecule has 0 spiro atoms. The van der Waals surface area contributed by atoms with E-state index in [0.29, 0.717) is 11.8 Å². The lowest BCUT2D eigenvalue weighted by atomic mass is 9.58. The molecule has 4 nitrogen and oxygen atoms in total. The zero-order chi connectivity index (χ0) is 13.8. The summed E-state index contributed by atoms with van der Waals surface area (Å²) in [6, 6.07) is 0. The topological polar surface area (TPSA) is 52.6 Å². The van der Waals surface area contributed by atoms with Crippen molar-refractivity contribution < 1.29 is 19.1 Å². The van der Waals surface area contributed by atoms with E-state index in [1.54, 1.807) is 0 Å². The predicted molar refractivity (Wildman–Crippen MR) is 68.2 cm³/mol. The van der Waals surface area contributed by atoms with Crippen LogP contribution in [0.1, 0.15) is 46.5 Å². The first-order valence-corrected chi connectivity index (χ1v) is 7.37. The summed E-state index contributed by atoms with van der Waals surface area (Å²) >= 11 is 0. The number of ether oxygens (including phenoxy) is 2. The summed E-state index contributed by atoms with van der Waals surface area (Å²) in [5.41, 5.74) is -0.457. The third kappa shape index (κ3) is 1.79. The minimum Gasteiger partial charge on any atom is -0.458 e. The molecule has 5 atom stereocenters. The fourth-order valence-electron chi connectivity index (χ4n) is 3.65. The van der Waals surface area contributed by atoms with E-state index in [2.05, 4.69) is 0 Å². The van der Waals surface area contributed by atoms with Gasteiger partial charge < -0.3 is 9.47 Å². The van der Waals surface area contributed by atoms with Gasteiger partial charge in [-0.05, 0) is 33.1 Å². The van der Waals surface area contributed by atoms with Crippen molar-refractivity contribution in [3.8, 4) is 0 Å². The second kappa shape index (κ2) is 4.22. The molecule has 2 saturated carbocycles. The van der Waals surface area contributed by atoms with Crippen LogP contribution >= 0.6 is 0 Å². The summed E-state index contributed by atoms with van der Waals surface area (Å²) < 4.78 is 11.1. The van der Waals surface area contributed by atoms with Crippen LogP contribution in [0.25, 0.3) is 0 Å². The molecule has 0 aromatic carbocycles. The van der Waals surface area contributed by atoms with Gasteiger partial charge >= 0.3 is 11.9 Å². The van der Waals surface area contributed by atoms with Gasteiger partial charge in [0.1, 0.15) is 12.2 Å². The fourth-order valence-corrected chi connectivity index (χ4v) is 3.65. The fraction of sp³-hybridized carbons (Fsp3) is 0.867. The Kier molecular flexibility index (Phi) is 2.88. The molecule has 0 bridgehead atoms. The molecule has 0 N–H and O–H groups in total. The Balaban J connectivity index is 1.71. The monoisotopic (exact) mass is 266 g/mol. The van der Waals surface area contributed by atoms with Crippen LogP contribution in [0.2, 0.25) is 0 Å². The van der Waals surface area contributed by atoms with Crippen molar-refractivity contribution in [1.29, 1.82) is 0 Å². The maximum atomic E-state index is 12.2. The Morgan fingerprint density at radius 2 is 2.16 bits per heavy atom. The molecule has 0 amide bonds. The van der Waals surface area contributed by atoms with Gasteiger partial charge in [0.2, 0.25) is 0 Å². The molecular formula is C15H22O4. The Labute approximate surface area is 113 Å². The number of hydrogen-bond acceptors (Lipinski definition) is 4. The summed E-state index contributed by atoms with van der Waals surface area (Å²) in [6.07, 6.45) is 3.42. The van der Waals surface area contributed by atoms with Gasteiger partial charge in [0.15, 0.2) is 0 Å². The van der Waals surface area contributed by atoms with Gasteiger partial charge in [-0.1, -0.05) is 13.3 Å². The van der Waals surface area contributed by atoms with Gasteiger partial charge in [-0.15, -0.1) is 0 Å². The van der Waals surface area contributed by atoms with Crippen molar-refractivity contribution in [2.75, 3.05) is 0 Å². The Morgan fingerprint density at radius 1 is 1.42 bits per heavy atom. The van der Waals surface area contributed by atoms with Crippen LogP contribution in [0.5, 0.6) is 0 Å². The zero-order valence-corrected chi connectivity index (χ0v) is 11.8. The normalized spacial score (nSPS) is 40.2. The van der Waals surface area contributed by atoms with Crippen LogP contribution in [-0.2, 0) is 19.1 Å². The van der Waals surface area contributed by atoms with Gasteiger partial charge in [0.05, 0.1) is 11.3 Å². The SMILES string of the molecule is CCC(C)(C)C(=O)OC1C2OC(=O)C3CCC[C@@H]1C32. The lowest BCUT2D eigenvalue weighted by molar-refractivity contribution is -0.202. The highest BCUT2D eigenvalue weighted by atomic mass is 16.6. The second-order valence-electron chi connectivity index (χ2n) is 6.79. The van der Waals surface area contributed by atoms with Crippen molar-refractivity contribution in [3.63, 3.8) is 0 Å². The molecule has 106 valence electrons. The van der Waals surface area contributed by atoms with E-state index < -0.39 is 5.41 Å². The molecule has 0 aromatic heterocycles. The van der Waals surface area contributed by atoms with Crippen LogP contribution in [0.15, 0.2) is 0 Å². The van der Waals surface area contributed by atoms with Crippen LogP contribution in [0.3, 0.4) is 0 Å². The lowest BCUT2D eigenvalue weighted by Gasteiger charge is -2.49. The quantitative estimate of drug-likeness (QED) is 0.736. The smallest absolute Gasteiger partial charge is 0.311 e. The van der Waals surface area contributed by atoms with Gasteiger partial charge in [-0.2, -0.15) is 0 Å². The second-order valence-corrected chi connectivity index (χ2v) is 6.79. The Morgan fingerprint density at radius 3 is 2.84 bits per heavy atom. The van der Waals surface area contributed by atoms with E-state index >= 15 is 0 Å². The van der Waals surface area contributed by atoms with Crippen LogP contribution in [0, 0.1) is 23.2 Å². The average molecular weight is 266 g/mol. The lowest BCUT2D eigenvalue weighted by Crippen LogP contribution is -2.59. The number of hydrogen-bond donors (Lipinski definition) is 0. The Hall–Kier alpha value is -1.06. The van der Waals surface area contributed by atoms with E-state index in [9.17, 15) is 9.59 Å². The summed E-state index contributed by atoms with van der Waals surface area (Å²) in [5, 5.41) is 0.